The molecule has 0 radical (unpaired) electrons. The van der Waals surface area contributed by atoms with Crippen LogP contribution in [-0.4, -0.2) is 30.3 Å². The molecule has 0 unspecified atom stereocenters. The molecule has 2 saturated carbocycles. The van der Waals surface area contributed by atoms with E-state index in [1.165, 1.54) is 24.5 Å². The smallest absolute Gasteiger partial charge is 0.265 e. The van der Waals surface area contributed by atoms with Crippen LogP contribution < -0.4 is 5.32 Å². The number of azo groups is 1. The Morgan fingerprint density at radius 3 is 2.41 bits per heavy atom. The fourth-order valence-corrected chi connectivity index (χ4v) is 5.85. The SMILES string of the molecule is CC1=C(c2nc(-n3cnc4cc(Nc5ccc(C)nn5)c(F)cc43)ccc2C(F)F)C(CC2CC2)(CC2CC2)N=N1. The van der Waals surface area contributed by atoms with Crippen molar-refractivity contribution in [3.8, 4) is 5.82 Å². The number of hydrogen-bond donors (Lipinski definition) is 1. The molecule has 41 heavy (non-hydrogen) atoms. The molecule has 1 N–H and O–H groups in total. The highest BCUT2D eigenvalue weighted by atomic mass is 19.3. The van der Waals surface area contributed by atoms with E-state index >= 15 is 4.39 Å². The summed E-state index contributed by atoms with van der Waals surface area (Å²) in [5, 5.41) is 20.2. The topological polar surface area (TPSA) is 93.2 Å². The fourth-order valence-electron chi connectivity index (χ4n) is 5.85. The molecular weight excluding hydrogens is 529 g/mol. The Balaban J connectivity index is 1.29. The van der Waals surface area contributed by atoms with Crippen molar-refractivity contribution in [3.63, 3.8) is 0 Å². The van der Waals surface area contributed by atoms with Crippen LogP contribution in [-0.2, 0) is 0 Å². The molecule has 0 bridgehead atoms. The third-order valence-electron chi connectivity index (χ3n) is 8.19. The molecule has 4 aromatic rings. The molecule has 11 heteroatoms. The fraction of sp³-hybridized carbons (Fsp3) is 0.400. The largest absolute Gasteiger partial charge is 0.336 e. The number of alkyl halides is 2. The zero-order chi connectivity index (χ0) is 28.3. The van der Waals surface area contributed by atoms with Gasteiger partial charge in [0.15, 0.2) is 5.82 Å². The van der Waals surface area contributed by atoms with Gasteiger partial charge in [-0.05, 0) is 68.9 Å². The number of benzene rings is 1. The standard InChI is InChI=1S/C30H29F3N8/c1-16-3-9-25(39-37-16)35-22-12-23-24(11-21(22)31)41(15-34-23)26-10-8-20(29(32)33)28(36-26)27-17(2)38-40-30(27,13-18-4-5-18)14-19-6-7-19/h3,8-12,15,18-19,29H,4-7,13-14H2,1-2H3,(H,35,39). The van der Waals surface area contributed by atoms with Gasteiger partial charge in [-0.1, -0.05) is 25.7 Å². The Hall–Kier alpha value is -4.15. The molecule has 8 nitrogen and oxygen atoms in total. The number of rotatable bonds is 9. The van der Waals surface area contributed by atoms with Crippen molar-refractivity contribution in [2.75, 3.05) is 5.32 Å². The van der Waals surface area contributed by atoms with E-state index in [-0.39, 0.29) is 16.9 Å². The summed E-state index contributed by atoms with van der Waals surface area (Å²) in [5.74, 6) is 1.31. The third kappa shape index (κ3) is 4.87. The summed E-state index contributed by atoms with van der Waals surface area (Å²) in [4.78, 5) is 9.27. The summed E-state index contributed by atoms with van der Waals surface area (Å²) in [6.45, 7) is 3.65. The molecular formula is C30H29F3N8. The Labute approximate surface area is 234 Å². The van der Waals surface area contributed by atoms with Crippen molar-refractivity contribution in [1.82, 2.24) is 24.7 Å². The Morgan fingerprint density at radius 1 is 1.00 bits per heavy atom. The maximum atomic E-state index is 15.3. The molecule has 3 aliphatic rings. The minimum Gasteiger partial charge on any atom is -0.336 e. The molecule has 0 atom stereocenters. The van der Waals surface area contributed by atoms with Crippen LogP contribution in [0, 0.1) is 24.6 Å². The van der Waals surface area contributed by atoms with Gasteiger partial charge in [-0.3, -0.25) is 4.57 Å². The van der Waals surface area contributed by atoms with E-state index in [0.29, 0.717) is 45.8 Å². The number of hydrogen-bond acceptors (Lipinski definition) is 7. The van der Waals surface area contributed by atoms with Gasteiger partial charge in [-0.15, -0.1) is 5.10 Å². The first-order valence-corrected chi connectivity index (χ1v) is 14.0. The van der Waals surface area contributed by atoms with Crippen LogP contribution in [0.4, 0.5) is 24.7 Å². The average molecular weight is 559 g/mol. The second-order valence-electron chi connectivity index (χ2n) is 11.5. The quantitative estimate of drug-likeness (QED) is 0.226. The van der Waals surface area contributed by atoms with E-state index in [0.717, 1.165) is 44.2 Å². The molecule has 0 spiro atoms. The van der Waals surface area contributed by atoms with Gasteiger partial charge in [0.1, 0.15) is 23.5 Å². The summed E-state index contributed by atoms with van der Waals surface area (Å²) in [6, 6.07) is 9.36. The lowest BCUT2D eigenvalue weighted by atomic mass is 9.78. The number of anilines is 2. The van der Waals surface area contributed by atoms with Crippen LogP contribution in [0.2, 0.25) is 0 Å². The van der Waals surface area contributed by atoms with Crippen LogP contribution in [0.5, 0.6) is 0 Å². The first-order valence-electron chi connectivity index (χ1n) is 14.0. The summed E-state index contributed by atoms with van der Waals surface area (Å²) < 4.78 is 45.7. The highest BCUT2D eigenvalue weighted by Crippen LogP contribution is 2.54. The molecule has 3 aromatic heterocycles. The number of nitrogens with zero attached hydrogens (tertiary/aromatic N) is 7. The number of aromatic nitrogens is 5. The van der Waals surface area contributed by atoms with Gasteiger partial charge in [-0.2, -0.15) is 15.3 Å². The average Bonchev–Trinajstić information content (AvgIpc) is 3.87. The number of pyridine rings is 1. The third-order valence-corrected chi connectivity index (χ3v) is 8.19. The van der Waals surface area contributed by atoms with E-state index in [1.807, 2.05) is 13.8 Å². The van der Waals surface area contributed by atoms with Crippen molar-refractivity contribution < 1.29 is 13.2 Å². The van der Waals surface area contributed by atoms with Gasteiger partial charge in [0.2, 0.25) is 0 Å². The van der Waals surface area contributed by atoms with Crippen molar-refractivity contribution in [2.45, 2.75) is 64.3 Å². The summed E-state index contributed by atoms with van der Waals surface area (Å²) in [5.41, 5.74) is 2.69. The summed E-state index contributed by atoms with van der Waals surface area (Å²) >= 11 is 0. The van der Waals surface area contributed by atoms with Gasteiger partial charge in [0, 0.05) is 17.2 Å². The molecule has 0 saturated heterocycles. The molecule has 1 aromatic carbocycles. The van der Waals surface area contributed by atoms with Gasteiger partial charge in [0.05, 0.1) is 33.8 Å². The molecule has 210 valence electrons. The predicted molar refractivity (Wildman–Crippen MR) is 149 cm³/mol. The van der Waals surface area contributed by atoms with E-state index < -0.39 is 17.8 Å². The summed E-state index contributed by atoms with van der Waals surface area (Å²) in [6.07, 6.45) is 4.92. The zero-order valence-corrected chi connectivity index (χ0v) is 22.8. The van der Waals surface area contributed by atoms with Crippen molar-refractivity contribution in [3.05, 3.63) is 71.2 Å². The number of aryl methyl sites for hydroxylation is 1. The maximum Gasteiger partial charge on any atom is 0.265 e. The normalized spacial score (nSPS) is 18.2. The molecule has 1 aliphatic heterocycles. The summed E-state index contributed by atoms with van der Waals surface area (Å²) in [7, 11) is 0. The highest BCUT2D eigenvalue weighted by Gasteiger charge is 2.48. The number of halogens is 3. The van der Waals surface area contributed by atoms with Gasteiger partial charge >= 0.3 is 0 Å². The zero-order valence-electron chi connectivity index (χ0n) is 22.8. The lowest BCUT2D eigenvalue weighted by Gasteiger charge is -2.29. The first kappa shape index (κ1) is 25.8. The van der Waals surface area contributed by atoms with E-state index in [1.54, 1.807) is 22.8 Å². The van der Waals surface area contributed by atoms with Crippen LogP contribution in [0.1, 0.15) is 68.8 Å². The van der Waals surface area contributed by atoms with Crippen molar-refractivity contribution >= 4 is 28.1 Å². The molecule has 4 heterocycles. The second-order valence-corrected chi connectivity index (χ2v) is 11.5. The Morgan fingerprint density at radius 2 is 1.76 bits per heavy atom. The van der Waals surface area contributed by atoms with E-state index in [2.05, 4.69) is 25.6 Å². The first-order chi connectivity index (χ1) is 19.8. The van der Waals surface area contributed by atoms with Crippen LogP contribution in [0.25, 0.3) is 22.4 Å². The van der Waals surface area contributed by atoms with E-state index in [9.17, 15) is 8.78 Å². The molecule has 7 rings (SSSR count). The predicted octanol–water partition coefficient (Wildman–Crippen LogP) is 7.88. The van der Waals surface area contributed by atoms with Gasteiger partial charge < -0.3 is 5.32 Å². The minimum absolute atomic E-state index is 0.146. The minimum atomic E-state index is -2.72. The maximum absolute atomic E-state index is 15.3. The van der Waals surface area contributed by atoms with Crippen LogP contribution >= 0.6 is 0 Å². The molecule has 2 aliphatic carbocycles. The molecule has 0 amide bonds. The number of imidazole rings is 1. The van der Waals surface area contributed by atoms with Gasteiger partial charge in [-0.25, -0.2) is 23.1 Å². The van der Waals surface area contributed by atoms with Crippen molar-refractivity contribution in [2.24, 2.45) is 22.1 Å². The van der Waals surface area contributed by atoms with Crippen LogP contribution in [0.3, 0.4) is 0 Å². The Kier molecular flexibility index (Phi) is 6.13. The van der Waals surface area contributed by atoms with Gasteiger partial charge in [0.25, 0.3) is 6.43 Å². The highest BCUT2D eigenvalue weighted by molar-refractivity contribution is 5.83. The number of fused-ring (bicyclic) bond motifs is 1. The number of allylic oxidation sites excluding steroid dienone is 1. The lowest BCUT2D eigenvalue weighted by Crippen LogP contribution is -2.29. The monoisotopic (exact) mass is 558 g/mol. The second kappa shape index (κ2) is 9.74. The van der Waals surface area contributed by atoms with Crippen molar-refractivity contribution in [1.29, 1.82) is 0 Å². The van der Waals surface area contributed by atoms with Crippen LogP contribution in [0.15, 0.2) is 58.7 Å². The van der Waals surface area contributed by atoms with E-state index in [4.69, 9.17) is 10.1 Å². The lowest BCUT2D eigenvalue weighted by molar-refractivity contribution is 0.150. The Bertz CT molecular complexity index is 1690. The molecule has 2 fully saturated rings. The number of nitrogens with one attached hydrogen (secondary N) is 1.